The monoisotopic (exact) mass is 350 g/mol. The zero-order valence-electron chi connectivity index (χ0n) is 13.3. The molecule has 1 aromatic heterocycles. The molecular weight excluding hydrogens is 331 g/mol. The maximum absolute atomic E-state index is 13.0. The normalized spacial score (nSPS) is 15.5. The van der Waals surface area contributed by atoms with Crippen molar-refractivity contribution in [3.05, 3.63) is 41.3 Å². The second kappa shape index (κ2) is 7.63. The number of aromatic nitrogens is 2. The Labute approximate surface area is 145 Å². The molecule has 0 bridgehead atoms. The molecule has 0 saturated carbocycles. The molecule has 0 spiro atoms. The van der Waals surface area contributed by atoms with E-state index in [1.807, 2.05) is 12.1 Å². The molecule has 8 heteroatoms. The SMILES string of the molecule is Nc1nc(Cl)cc(NCCN2CCN(c3ccc(F)cc3)CC2)n1. The summed E-state index contributed by atoms with van der Waals surface area (Å²) in [5, 5.41) is 3.54. The van der Waals surface area contributed by atoms with E-state index in [2.05, 4.69) is 25.1 Å². The lowest BCUT2D eigenvalue weighted by Crippen LogP contribution is -2.47. The molecule has 0 amide bonds. The van der Waals surface area contributed by atoms with Crippen LogP contribution >= 0.6 is 11.6 Å². The van der Waals surface area contributed by atoms with Crippen molar-refractivity contribution < 1.29 is 4.39 Å². The van der Waals surface area contributed by atoms with Gasteiger partial charge in [0.05, 0.1) is 0 Å². The molecule has 0 atom stereocenters. The lowest BCUT2D eigenvalue weighted by atomic mass is 10.2. The van der Waals surface area contributed by atoms with Gasteiger partial charge < -0.3 is 16.0 Å². The third kappa shape index (κ3) is 4.46. The van der Waals surface area contributed by atoms with Crippen LogP contribution in [0.2, 0.25) is 5.15 Å². The molecule has 128 valence electrons. The topological polar surface area (TPSA) is 70.3 Å². The molecule has 2 aromatic rings. The molecule has 2 heterocycles. The van der Waals surface area contributed by atoms with Gasteiger partial charge in [-0.15, -0.1) is 0 Å². The molecule has 1 aliphatic heterocycles. The summed E-state index contributed by atoms with van der Waals surface area (Å²) in [6.07, 6.45) is 0. The van der Waals surface area contributed by atoms with E-state index in [4.69, 9.17) is 17.3 Å². The number of rotatable bonds is 5. The van der Waals surface area contributed by atoms with Gasteiger partial charge in [0.2, 0.25) is 5.95 Å². The average Bonchev–Trinajstić information content (AvgIpc) is 2.55. The van der Waals surface area contributed by atoms with E-state index in [1.165, 1.54) is 12.1 Å². The maximum Gasteiger partial charge on any atom is 0.223 e. The minimum Gasteiger partial charge on any atom is -0.369 e. The van der Waals surface area contributed by atoms with Crippen molar-refractivity contribution in [3.8, 4) is 0 Å². The van der Waals surface area contributed by atoms with Gasteiger partial charge in [-0.1, -0.05) is 11.6 Å². The second-order valence-electron chi connectivity index (χ2n) is 5.67. The minimum atomic E-state index is -0.200. The molecule has 0 radical (unpaired) electrons. The fourth-order valence-electron chi connectivity index (χ4n) is 2.75. The Morgan fingerprint density at radius 1 is 1.12 bits per heavy atom. The van der Waals surface area contributed by atoms with Crippen LogP contribution in [0.5, 0.6) is 0 Å². The Hall–Kier alpha value is -2.12. The fourth-order valence-corrected chi connectivity index (χ4v) is 2.94. The molecule has 0 aliphatic carbocycles. The highest BCUT2D eigenvalue weighted by molar-refractivity contribution is 6.29. The Kier molecular flexibility index (Phi) is 5.32. The average molecular weight is 351 g/mol. The number of nitrogens with one attached hydrogen (secondary N) is 1. The number of nitrogens with zero attached hydrogens (tertiary/aromatic N) is 4. The highest BCUT2D eigenvalue weighted by Crippen LogP contribution is 2.17. The van der Waals surface area contributed by atoms with Crippen LogP contribution in [0.4, 0.5) is 21.8 Å². The van der Waals surface area contributed by atoms with Gasteiger partial charge in [-0.05, 0) is 24.3 Å². The maximum atomic E-state index is 13.0. The molecule has 3 N–H and O–H groups in total. The third-order valence-electron chi connectivity index (χ3n) is 4.01. The molecule has 24 heavy (non-hydrogen) atoms. The molecule has 0 unspecified atom stereocenters. The van der Waals surface area contributed by atoms with E-state index in [0.717, 1.165) is 45.0 Å². The lowest BCUT2D eigenvalue weighted by molar-refractivity contribution is 0.267. The highest BCUT2D eigenvalue weighted by atomic mass is 35.5. The Bertz CT molecular complexity index is 653. The zero-order chi connectivity index (χ0) is 16.9. The number of benzene rings is 1. The number of halogens is 2. The van der Waals surface area contributed by atoms with Crippen molar-refractivity contribution in [1.29, 1.82) is 0 Å². The van der Waals surface area contributed by atoms with Gasteiger partial charge in [0.25, 0.3) is 0 Å². The van der Waals surface area contributed by atoms with Gasteiger partial charge >= 0.3 is 0 Å². The number of hydrogen-bond acceptors (Lipinski definition) is 6. The number of nitrogens with two attached hydrogens (primary N) is 1. The van der Waals surface area contributed by atoms with Crippen molar-refractivity contribution >= 4 is 29.1 Å². The van der Waals surface area contributed by atoms with Crippen LogP contribution in [0.15, 0.2) is 30.3 Å². The van der Waals surface area contributed by atoms with Crippen molar-refractivity contribution in [2.75, 3.05) is 55.2 Å². The summed E-state index contributed by atoms with van der Waals surface area (Å²) >= 11 is 5.85. The predicted molar refractivity (Wildman–Crippen MR) is 95.0 cm³/mol. The van der Waals surface area contributed by atoms with E-state index in [1.54, 1.807) is 6.07 Å². The van der Waals surface area contributed by atoms with E-state index in [0.29, 0.717) is 11.0 Å². The van der Waals surface area contributed by atoms with Crippen LogP contribution in [-0.2, 0) is 0 Å². The summed E-state index contributed by atoms with van der Waals surface area (Å²) in [5.41, 5.74) is 6.64. The number of nitrogen functional groups attached to an aromatic ring is 1. The summed E-state index contributed by atoms with van der Waals surface area (Å²) < 4.78 is 13.0. The molecule has 1 aliphatic rings. The van der Waals surface area contributed by atoms with Crippen molar-refractivity contribution in [2.24, 2.45) is 0 Å². The second-order valence-corrected chi connectivity index (χ2v) is 6.05. The van der Waals surface area contributed by atoms with E-state index < -0.39 is 0 Å². The van der Waals surface area contributed by atoms with Crippen molar-refractivity contribution in [1.82, 2.24) is 14.9 Å². The Balaban J connectivity index is 1.43. The summed E-state index contributed by atoms with van der Waals surface area (Å²) in [5.74, 6) is 0.601. The Morgan fingerprint density at radius 3 is 2.50 bits per heavy atom. The predicted octanol–water partition coefficient (Wildman–Crippen LogP) is 2.09. The fraction of sp³-hybridized carbons (Fsp3) is 0.375. The molecule has 1 aromatic carbocycles. The van der Waals surface area contributed by atoms with Crippen molar-refractivity contribution in [2.45, 2.75) is 0 Å². The first-order chi connectivity index (χ1) is 11.6. The molecule has 1 saturated heterocycles. The molecule has 6 nitrogen and oxygen atoms in total. The first-order valence-corrected chi connectivity index (χ1v) is 8.25. The summed E-state index contributed by atoms with van der Waals surface area (Å²) in [6.45, 7) is 5.44. The number of hydrogen-bond donors (Lipinski definition) is 2. The minimum absolute atomic E-state index is 0.165. The standard InChI is InChI=1S/C16H20ClFN6/c17-14-11-15(22-16(19)21-14)20-5-6-23-7-9-24(10-8-23)13-3-1-12(18)2-4-13/h1-4,11H,5-10H2,(H3,19,20,21,22). The van der Waals surface area contributed by atoms with E-state index >= 15 is 0 Å². The van der Waals surface area contributed by atoms with Gasteiger partial charge in [0, 0.05) is 51.0 Å². The summed E-state index contributed by atoms with van der Waals surface area (Å²) in [7, 11) is 0. The van der Waals surface area contributed by atoms with E-state index in [-0.39, 0.29) is 11.8 Å². The van der Waals surface area contributed by atoms with E-state index in [9.17, 15) is 4.39 Å². The largest absolute Gasteiger partial charge is 0.369 e. The first-order valence-electron chi connectivity index (χ1n) is 7.87. The van der Waals surface area contributed by atoms with Gasteiger partial charge in [0.1, 0.15) is 16.8 Å². The zero-order valence-corrected chi connectivity index (χ0v) is 14.0. The Morgan fingerprint density at radius 2 is 1.83 bits per heavy atom. The lowest BCUT2D eigenvalue weighted by Gasteiger charge is -2.36. The summed E-state index contributed by atoms with van der Waals surface area (Å²) in [6, 6.07) is 8.32. The number of anilines is 3. The third-order valence-corrected chi connectivity index (χ3v) is 4.20. The van der Waals surface area contributed by atoms with Gasteiger partial charge in [0.15, 0.2) is 0 Å². The van der Waals surface area contributed by atoms with Crippen LogP contribution in [0, 0.1) is 5.82 Å². The first kappa shape index (κ1) is 16.7. The number of piperazine rings is 1. The van der Waals surface area contributed by atoms with Gasteiger partial charge in [-0.25, -0.2) is 9.37 Å². The smallest absolute Gasteiger partial charge is 0.223 e. The molecular formula is C16H20ClFN6. The van der Waals surface area contributed by atoms with Crippen LogP contribution in [0.1, 0.15) is 0 Å². The summed E-state index contributed by atoms with van der Waals surface area (Å²) in [4.78, 5) is 12.6. The van der Waals surface area contributed by atoms with Gasteiger partial charge in [-0.3, -0.25) is 4.90 Å². The quantitative estimate of drug-likeness (QED) is 0.805. The van der Waals surface area contributed by atoms with Gasteiger partial charge in [-0.2, -0.15) is 4.98 Å². The van der Waals surface area contributed by atoms with Crippen LogP contribution in [-0.4, -0.2) is 54.1 Å². The van der Waals surface area contributed by atoms with Crippen molar-refractivity contribution in [3.63, 3.8) is 0 Å². The van der Waals surface area contributed by atoms with Crippen LogP contribution < -0.4 is 16.0 Å². The van der Waals surface area contributed by atoms with Crippen LogP contribution in [0.25, 0.3) is 0 Å². The highest BCUT2D eigenvalue weighted by Gasteiger charge is 2.16. The van der Waals surface area contributed by atoms with Crippen LogP contribution in [0.3, 0.4) is 0 Å². The molecule has 3 rings (SSSR count). The molecule has 1 fully saturated rings.